The quantitative estimate of drug-likeness (QED) is 0.852. The minimum absolute atomic E-state index is 0.500. The average molecular weight is 233 g/mol. The molecule has 3 rings (SSSR count). The van der Waals surface area contributed by atoms with Crippen LogP contribution in [0.2, 0.25) is 0 Å². The van der Waals surface area contributed by atoms with Crippen molar-refractivity contribution in [1.82, 2.24) is 24.3 Å². The van der Waals surface area contributed by atoms with Crippen LogP contribution in [-0.2, 0) is 6.54 Å². The van der Waals surface area contributed by atoms with Gasteiger partial charge in [-0.15, -0.1) is 0 Å². The maximum atomic E-state index is 10.4. The molecule has 1 N–H and O–H groups in total. The Hall–Kier alpha value is -1.69. The third-order valence-electron chi connectivity index (χ3n) is 3.11. The lowest BCUT2D eigenvalue weighted by molar-refractivity contribution is 0.193. The van der Waals surface area contributed by atoms with Crippen LogP contribution in [0.1, 0.15) is 43.4 Å². The number of imidazole rings is 1. The van der Waals surface area contributed by atoms with Gasteiger partial charge in [0.15, 0.2) is 11.9 Å². The molecule has 1 unspecified atom stereocenters. The molecule has 90 valence electrons. The van der Waals surface area contributed by atoms with Crippen LogP contribution in [0.25, 0.3) is 0 Å². The maximum Gasteiger partial charge on any atom is 0.161 e. The SMILES string of the molecule is CCn1ncnc1C(O)c1cncn1C1CC1. The Morgan fingerprint density at radius 1 is 1.53 bits per heavy atom. The Morgan fingerprint density at radius 2 is 2.35 bits per heavy atom. The minimum atomic E-state index is -0.749. The van der Waals surface area contributed by atoms with Gasteiger partial charge >= 0.3 is 0 Å². The van der Waals surface area contributed by atoms with E-state index in [0.29, 0.717) is 18.4 Å². The second-order valence-corrected chi connectivity index (χ2v) is 4.29. The van der Waals surface area contributed by atoms with Crippen LogP contribution in [-0.4, -0.2) is 29.4 Å². The largest absolute Gasteiger partial charge is 0.379 e. The molecule has 0 aliphatic heterocycles. The Kier molecular flexibility index (Phi) is 2.44. The molecule has 0 amide bonds. The molecular weight excluding hydrogens is 218 g/mol. The first kappa shape index (κ1) is 10.5. The van der Waals surface area contributed by atoms with Crippen molar-refractivity contribution in [3.05, 3.63) is 30.4 Å². The molecule has 2 aromatic rings. The van der Waals surface area contributed by atoms with Gasteiger partial charge in [0.25, 0.3) is 0 Å². The molecule has 2 aromatic heterocycles. The fourth-order valence-electron chi connectivity index (χ4n) is 2.05. The van der Waals surface area contributed by atoms with Crippen molar-refractivity contribution in [2.24, 2.45) is 0 Å². The lowest BCUT2D eigenvalue weighted by Gasteiger charge is -2.13. The van der Waals surface area contributed by atoms with Gasteiger partial charge in [0, 0.05) is 12.6 Å². The van der Waals surface area contributed by atoms with E-state index in [2.05, 4.69) is 15.1 Å². The maximum absolute atomic E-state index is 10.4. The zero-order chi connectivity index (χ0) is 11.8. The van der Waals surface area contributed by atoms with Gasteiger partial charge in [-0.1, -0.05) is 0 Å². The Morgan fingerprint density at radius 3 is 3.06 bits per heavy atom. The molecule has 17 heavy (non-hydrogen) atoms. The van der Waals surface area contributed by atoms with Gasteiger partial charge in [0.2, 0.25) is 0 Å². The Labute approximate surface area is 98.9 Å². The van der Waals surface area contributed by atoms with Gasteiger partial charge in [-0.2, -0.15) is 5.10 Å². The van der Waals surface area contributed by atoms with Crippen molar-refractivity contribution in [2.75, 3.05) is 0 Å². The van der Waals surface area contributed by atoms with E-state index in [0.717, 1.165) is 18.5 Å². The highest BCUT2D eigenvalue weighted by Gasteiger charge is 2.29. The molecule has 6 nitrogen and oxygen atoms in total. The fourth-order valence-corrected chi connectivity index (χ4v) is 2.05. The topological polar surface area (TPSA) is 68.8 Å². The minimum Gasteiger partial charge on any atom is -0.379 e. The molecule has 1 aliphatic carbocycles. The van der Waals surface area contributed by atoms with Crippen LogP contribution in [0, 0.1) is 0 Å². The summed E-state index contributed by atoms with van der Waals surface area (Å²) in [6.07, 6.45) is 6.54. The number of aromatic nitrogens is 5. The zero-order valence-electron chi connectivity index (χ0n) is 9.69. The van der Waals surface area contributed by atoms with E-state index >= 15 is 0 Å². The van der Waals surface area contributed by atoms with Crippen molar-refractivity contribution in [3.8, 4) is 0 Å². The summed E-state index contributed by atoms with van der Waals surface area (Å²) in [5, 5.41) is 14.4. The van der Waals surface area contributed by atoms with Crippen molar-refractivity contribution in [1.29, 1.82) is 0 Å². The van der Waals surface area contributed by atoms with Crippen LogP contribution < -0.4 is 0 Å². The number of aliphatic hydroxyl groups excluding tert-OH is 1. The van der Waals surface area contributed by atoms with E-state index in [4.69, 9.17) is 0 Å². The lowest BCUT2D eigenvalue weighted by atomic mass is 10.2. The molecule has 1 saturated carbocycles. The van der Waals surface area contributed by atoms with Crippen LogP contribution in [0.3, 0.4) is 0 Å². The van der Waals surface area contributed by atoms with Gasteiger partial charge in [-0.3, -0.25) is 0 Å². The van der Waals surface area contributed by atoms with Gasteiger partial charge in [-0.25, -0.2) is 14.6 Å². The second kappa shape index (κ2) is 3.96. The number of hydrogen-bond acceptors (Lipinski definition) is 4. The first-order valence-corrected chi connectivity index (χ1v) is 5.88. The summed E-state index contributed by atoms with van der Waals surface area (Å²) in [6.45, 7) is 2.67. The molecule has 1 aliphatic rings. The number of nitrogens with zero attached hydrogens (tertiary/aromatic N) is 5. The predicted molar refractivity (Wildman–Crippen MR) is 60.3 cm³/mol. The second-order valence-electron chi connectivity index (χ2n) is 4.29. The molecular formula is C11H15N5O. The first-order valence-electron chi connectivity index (χ1n) is 5.88. The third-order valence-corrected chi connectivity index (χ3v) is 3.11. The summed E-state index contributed by atoms with van der Waals surface area (Å²) >= 11 is 0. The number of aryl methyl sites for hydroxylation is 1. The number of hydrogen-bond donors (Lipinski definition) is 1. The molecule has 0 spiro atoms. The summed E-state index contributed by atoms with van der Waals surface area (Å²) in [5.41, 5.74) is 0.801. The van der Waals surface area contributed by atoms with Crippen LogP contribution in [0.4, 0.5) is 0 Å². The van der Waals surface area contributed by atoms with E-state index in [1.165, 1.54) is 6.33 Å². The molecule has 0 bridgehead atoms. The smallest absolute Gasteiger partial charge is 0.161 e. The van der Waals surface area contributed by atoms with Crippen LogP contribution in [0.15, 0.2) is 18.9 Å². The van der Waals surface area contributed by atoms with Crippen molar-refractivity contribution < 1.29 is 5.11 Å². The molecule has 0 saturated heterocycles. The molecule has 6 heteroatoms. The highest BCUT2D eigenvalue weighted by molar-refractivity contribution is 5.14. The average Bonchev–Trinajstić information content (AvgIpc) is 2.92. The monoisotopic (exact) mass is 233 g/mol. The van der Waals surface area contributed by atoms with Gasteiger partial charge in [0.05, 0.1) is 18.2 Å². The fraction of sp³-hybridized carbons (Fsp3) is 0.545. The van der Waals surface area contributed by atoms with Crippen molar-refractivity contribution >= 4 is 0 Å². The van der Waals surface area contributed by atoms with E-state index < -0.39 is 6.10 Å². The van der Waals surface area contributed by atoms with E-state index in [-0.39, 0.29) is 0 Å². The summed E-state index contributed by atoms with van der Waals surface area (Å²) in [4.78, 5) is 8.24. The van der Waals surface area contributed by atoms with E-state index in [9.17, 15) is 5.11 Å². The van der Waals surface area contributed by atoms with Gasteiger partial charge in [-0.05, 0) is 19.8 Å². The van der Waals surface area contributed by atoms with E-state index in [1.54, 1.807) is 17.2 Å². The highest BCUT2D eigenvalue weighted by Crippen LogP contribution is 2.37. The van der Waals surface area contributed by atoms with Gasteiger partial charge in [0.1, 0.15) is 6.33 Å². The molecule has 1 atom stereocenters. The van der Waals surface area contributed by atoms with Crippen LogP contribution >= 0.6 is 0 Å². The highest BCUT2D eigenvalue weighted by atomic mass is 16.3. The first-order chi connectivity index (χ1) is 8.31. The summed E-state index contributed by atoms with van der Waals surface area (Å²) in [6, 6.07) is 0.500. The molecule has 1 fully saturated rings. The standard InChI is InChI=1S/C11H15N5O/c1-2-16-11(13-6-14-16)10(17)9-5-12-7-15(9)8-3-4-8/h5-8,10,17H,2-4H2,1H3. The molecule has 2 heterocycles. The third kappa shape index (κ3) is 1.74. The molecule has 0 aromatic carbocycles. The lowest BCUT2D eigenvalue weighted by Crippen LogP contribution is -2.13. The summed E-state index contributed by atoms with van der Waals surface area (Å²) in [5.74, 6) is 0.579. The number of aliphatic hydroxyl groups is 1. The van der Waals surface area contributed by atoms with E-state index in [1.807, 2.05) is 11.5 Å². The predicted octanol–water partition coefficient (Wildman–Crippen LogP) is 0.911. The van der Waals surface area contributed by atoms with Gasteiger partial charge < -0.3 is 9.67 Å². The summed E-state index contributed by atoms with van der Waals surface area (Å²) < 4.78 is 3.74. The Balaban J connectivity index is 1.95. The Bertz CT molecular complexity index is 513. The van der Waals surface area contributed by atoms with Crippen LogP contribution in [0.5, 0.6) is 0 Å². The van der Waals surface area contributed by atoms with Crippen molar-refractivity contribution in [2.45, 2.75) is 38.5 Å². The zero-order valence-corrected chi connectivity index (χ0v) is 9.69. The number of rotatable bonds is 4. The normalized spacial score (nSPS) is 17.3. The summed E-state index contributed by atoms with van der Waals surface area (Å²) in [7, 11) is 0. The molecule has 0 radical (unpaired) electrons. The van der Waals surface area contributed by atoms with Crippen molar-refractivity contribution in [3.63, 3.8) is 0 Å².